The maximum atomic E-state index is 12.3. The first kappa shape index (κ1) is 17.2. The quantitative estimate of drug-likeness (QED) is 0.875. The van der Waals surface area contributed by atoms with Gasteiger partial charge in [-0.2, -0.15) is 4.72 Å². The van der Waals surface area contributed by atoms with Gasteiger partial charge in [0.15, 0.2) is 0 Å². The zero-order chi connectivity index (χ0) is 16.3. The lowest BCUT2D eigenvalue weighted by molar-refractivity contribution is -0.134. The Morgan fingerprint density at radius 2 is 1.73 bits per heavy atom. The van der Waals surface area contributed by atoms with Gasteiger partial charge in [-0.15, -0.1) is 0 Å². The van der Waals surface area contributed by atoms with Crippen molar-refractivity contribution in [3.8, 4) is 0 Å². The van der Waals surface area contributed by atoms with Crippen LogP contribution in [0.2, 0.25) is 5.02 Å². The molecule has 0 radical (unpaired) electrons. The first-order valence-electron chi connectivity index (χ1n) is 7.05. The summed E-state index contributed by atoms with van der Waals surface area (Å²) in [6, 6.07) is 5.03. The van der Waals surface area contributed by atoms with Crippen LogP contribution in [0.1, 0.15) is 6.92 Å². The number of hydrogen-bond acceptors (Lipinski definition) is 4. The number of nitrogens with zero attached hydrogens (tertiary/aromatic N) is 2. The lowest BCUT2D eigenvalue weighted by atomic mass is 10.2. The number of likely N-dealkylation sites (N-methyl/N-ethyl adjacent to an activating group) is 1. The molecule has 0 bridgehead atoms. The number of carbonyl (C=O) groups excluding carboxylic acids is 1. The second kappa shape index (κ2) is 6.95. The Bertz CT molecular complexity index is 625. The van der Waals surface area contributed by atoms with Crippen LogP contribution in [0.3, 0.4) is 0 Å². The van der Waals surface area contributed by atoms with Crippen molar-refractivity contribution >= 4 is 27.5 Å². The standard InChI is InChI=1S/C14H20ClN3O3S/c1-11(14(19)18-9-7-17(2)8-10-18)16-22(20,21)13-5-3-12(15)4-6-13/h3-6,11,16H,7-10H2,1-2H3. The van der Waals surface area contributed by atoms with Gasteiger partial charge in [-0.05, 0) is 38.2 Å². The summed E-state index contributed by atoms with van der Waals surface area (Å²) in [5.74, 6) is -0.203. The molecule has 1 heterocycles. The van der Waals surface area contributed by atoms with Crippen LogP contribution in [0, 0.1) is 0 Å². The summed E-state index contributed by atoms with van der Waals surface area (Å²) in [5.41, 5.74) is 0. The molecule has 1 aliphatic rings. The average molecular weight is 346 g/mol. The fourth-order valence-corrected chi connectivity index (χ4v) is 3.59. The van der Waals surface area contributed by atoms with Gasteiger partial charge in [0.05, 0.1) is 10.9 Å². The van der Waals surface area contributed by atoms with Gasteiger partial charge in [0, 0.05) is 31.2 Å². The van der Waals surface area contributed by atoms with Crippen LogP contribution in [0.15, 0.2) is 29.2 Å². The first-order chi connectivity index (χ1) is 10.3. The molecule has 2 rings (SSSR count). The van der Waals surface area contributed by atoms with Crippen molar-refractivity contribution in [2.24, 2.45) is 0 Å². The molecule has 122 valence electrons. The zero-order valence-corrected chi connectivity index (χ0v) is 14.2. The average Bonchev–Trinajstić information content (AvgIpc) is 2.47. The molecule has 8 heteroatoms. The summed E-state index contributed by atoms with van der Waals surface area (Å²) < 4.78 is 26.9. The maximum absolute atomic E-state index is 12.3. The van der Waals surface area contributed by atoms with Gasteiger partial charge >= 0.3 is 0 Å². The van der Waals surface area contributed by atoms with E-state index in [0.717, 1.165) is 13.1 Å². The van der Waals surface area contributed by atoms with Gasteiger partial charge in [0.2, 0.25) is 15.9 Å². The molecule has 1 amide bonds. The largest absolute Gasteiger partial charge is 0.339 e. The highest BCUT2D eigenvalue weighted by Crippen LogP contribution is 2.14. The van der Waals surface area contributed by atoms with E-state index >= 15 is 0 Å². The van der Waals surface area contributed by atoms with Crippen LogP contribution in [-0.4, -0.2) is 63.4 Å². The molecule has 1 N–H and O–H groups in total. The normalized spacial score (nSPS) is 18.2. The third-order valence-electron chi connectivity index (χ3n) is 3.64. The SMILES string of the molecule is CC(NS(=O)(=O)c1ccc(Cl)cc1)C(=O)N1CCN(C)CC1. The van der Waals surface area contributed by atoms with E-state index in [1.807, 2.05) is 7.05 Å². The van der Waals surface area contributed by atoms with Crippen molar-refractivity contribution in [2.45, 2.75) is 17.9 Å². The van der Waals surface area contributed by atoms with Crippen LogP contribution < -0.4 is 4.72 Å². The van der Waals surface area contributed by atoms with E-state index in [1.165, 1.54) is 24.3 Å². The number of sulfonamides is 1. The minimum Gasteiger partial charge on any atom is -0.339 e. The Balaban J connectivity index is 2.02. The highest BCUT2D eigenvalue weighted by atomic mass is 35.5. The summed E-state index contributed by atoms with van der Waals surface area (Å²) in [5, 5.41) is 0.459. The van der Waals surface area contributed by atoms with Crippen molar-refractivity contribution in [3.05, 3.63) is 29.3 Å². The Morgan fingerprint density at radius 3 is 2.27 bits per heavy atom. The Kier molecular flexibility index (Phi) is 5.44. The molecule has 1 fully saturated rings. The minimum atomic E-state index is -3.74. The van der Waals surface area contributed by atoms with E-state index in [1.54, 1.807) is 11.8 Å². The monoisotopic (exact) mass is 345 g/mol. The Labute approximate surface area is 136 Å². The van der Waals surface area contributed by atoms with Crippen LogP contribution in [-0.2, 0) is 14.8 Å². The predicted molar refractivity (Wildman–Crippen MR) is 85.3 cm³/mol. The van der Waals surface area contributed by atoms with Crippen molar-refractivity contribution in [2.75, 3.05) is 33.2 Å². The molecule has 22 heavy (non-hydrogen) atoms. The second-order valence-electron chi connectivity index (χ2n) is 5.43. The molecule has 1 atom stereocenters. The molecule has 0 spiro atoms. The van der Waals surface area contributed by atoms with Gasteiger partial charge in [0.25, 0.3) is 0 Å². The molecule has 1 aliphatic heterocycles. The number of hydrogen-bond donors (Lipinski definition) is 1. The second-order valence-corrected chi connectivity index (χ2v) is 7.58. The summed E-state index contributed by atoms with van der Waals surface area (Å²) in [6.45, 7) is 4.38. The maximum Gasteiger partial charge on any atom is 0.241 e. The van der Waals surface area contributed by atoms with Gasteiger partial charge in [-0.25, -0.2) is 8.42 Å². The van der Waals surface area contributed by atoms with E-state index in [2.05, 4.69) is 9.62 Å². The fraction of sp³-hybridized carbons (Fsp3) is 0.500. The Hall–Kier alpha value is -1.15. The van der Waals surface area contributed by atoms with Gasteiger partial charge in [0.1, 0.15) is 0 Å². The number of rotatable bonds is 4. The van der Waals surface area contributed by atoms with Crippen LogP contribution in [0.4, 0.5) is 0 Å². The molecule has 0 aliphatic carbocycles. The van der Waals surface area contributed by atoms with E-state index in [-0.39, 0.29) is 10.8 Å². The zero-order valence-electron chi connectivity index (χ0n) is 12.6. The Morgan fingerprint density at radius 1 is 1.18 bits per heavy atom. The topological polar surface area (TPSA) is 69.7 Å². The van der Waals surface area contributed by atoms with E-state index in [0.29, 0.717) is 18.1 Å². The molecule has 0 aromatic heterocycles. The lowest BCUT2D eigenvalue weighted by Crippen LogP contribution is -2.53. The molecule has 1 aromatic carbocycles. The number of nitrogens with one attached hydrogen (secondary N) is 1. The van der Waals surface area contributed by atoms with Crippen LogP contribution >= 0.6 is 11.6 Å². The first-order valence-corrected chi connectivity index (χ1v) is 8.91. The molecular weight excluding hydrogens is 326 g/mol. The minimum absolute atomic E-state index is 0.0925. The third-order valence-corrected chi connectivity index (χ3v) is 5.45. The number of piperazine rings is 1. The number of amides is 1. The van der Waals surface area contributed by atoms with Gasteiger partial charge < -0.3 is 9.80 Å². The third kappa shape index (κ3) is 4.19. The molecule has 1 aromatic rings. The molecule has 1 saturated heterocycles. The van der Waals surface area contributed by atoms with Crippen LogP contribution in [0.5, 0.6) is 0 Å². The molecule has 0 saturated carbocycles. The van der Waals surface area contributed by atoms with Crippen LogP contribution in [0.25, 0.3) is 0 Å². The predicted octanol–water partition coefficient (Wildman–Crippen LogP) is 0.781. The highest BCUT2D eigenvalue weighted by molar-refractivity contribution is 7.89. The highest BCUT2D eigenvalue weighted by Gasteiger charge is 2.27. The van der Waals surface area contributed by atoms with Crippen molar-refractivity contribution in [1.29, 1.82) is 0 Å². The van der Waals surface area contributed by atoms with Crippen molar-refractivity contribution < 1.29 is 13.2 Å². The molecular formula is C14H20ClN3O3S. The van der Waals surface area contributed by atoms with E-state index in [9.17, 15) is 13.2 Å². The number of benzene rings is 1. The van der Waals surface area contributed by atoms with Crippen molar-refractivity contribution in [1.82, 2.24) is 14.5 Å². The number of halogens is 1. The van der Waals surface area contributed by atoms with Gasteiger partial charge in [-0.1, -0.05) is 11.6 Å². The van der Waals surface area contributed by atoms with Gasteiger partial charge in [-0.3, -0.25) is 4.79 Å². The lowest BCUT2D eigenvalue weighted by Gasteiger charge is -2.34. The molecule has 6 nitrogen and oxygen atoms in total. The summed E-state index contributed by atoms with van der Waals surface area (Å²) in [6.07, 6.45) is 0. The number of carbonyl (C=O) groups is 1. The van der Waals surface area contributed by atoms with Crippen molar-refractivity contribution in [3.63, 3.8) is 0 Å². The summed E-state index contributed by atoms with van der Waals surface area (Å²) in [7, 11) is -1.74. The molecule has 1 unspecified atom stereocenters. The van der Waals surface area contributed by atoms with E-state index < -0.39 is 16.1 Å². The smallest absolute Gasteiger partial charge is 0.241 e. The van der Waals surface area contributed by atoms with E-state index in [4.69, 9.17) is 11.6 Å². The summed E-state index contributed by atoms with van der Waals surface area (Å²) >= 11 is 5.75. The fourth-order valence-electron chi connectivity index (χ4n) is 2.27. The summed E-state index contributed by atoms with van der Waals surface area (Å²) in [4.78, 5) is 16.2.